The van der Waals surface area contributed by atoms with Gasteiger partial charge in [-0.05, 0) is 37.3 Å². The van der Waals surface area contributed by atoms with Crippen LogP contribution in [0, 0.1) is 18.8 Å². The Labute approximate surface area is 146 Å². The van der Waals surface area contributed by atoms with Gasteiger partial charge in [-0.3, -0.25) is 14.7 Å². The summed E-state index contributed by atoms with van der Waals surface area (Å²) in [5.74, 6) is 1.33. The maximum Gasteiger partial charge on any atom is 0.274 e. The highest BCUT2D eigenvalue weighted by Crippen LogP contribution is 2.33. The van der Waals surface area contributed by atoms with Crippen LogP contribution < -0.4 is 0 Å². The Bertz CT molecular complexity index is 717. The van der Waals surface area contributed by atoms with Gasteiger partial charge in [0.25, 0.3) is 5.91 Å². The van der Waals surface area contributed by atoms with Gasteiger partial charge in [0.1, 0.15) is 5.69 Å². The smallest absolute Gasteiger partial charge is 0.274 e. The number of likely N-dealkylation sites (tertiary alicyclic amines) is 2. The Morgan fingerprint density at radius 2 is 2.12 bits per heavy atom. The van der Waals surface area contributed by atoms with E-state index < -0.39 is 0 Å². The lowest BCUT2D eigenvalue weighted by molar-refractivity contribution is 0.0635. The first-order chi connectivity index (χ1) is 11.7. The molecule has 0 bridgehead atoms. The summed E-state index contributed by atoms with van der Waals surface area (Å²) >= 11 is 1.89. The van der Waals surface area contributed by atoms with E-state index in [0.29, 0.717) is 11.6 Å². The largest absolute Gasteiger partial charge is 0.337 e. The van der Waals surface area contributed by atoms with Crippen LogP contribution in [0.1, 0.15) is 26.7 Å². The molecule has 0 saturated carbocycles. The SMILES string of the molecule is Cc1ccc(CN2C[C@H]3CCN(C(=O)c4cnccn4)C[C@H]3C2)s1. The second kappa shape index (κ2) is 6.61. The van der Waals surface area contributed by atoms with E-state index >= 15 is 0 Å². The third kappa shape index (κ3) is 3.21. The first-order valence-electron chi connectivity index (χ1n) is 8.52. The Morgan fingerprint density at radius 1 is 1.25 bits per heavy atom. The molecule has 0 radical (unpaired) electrons. The highest BCUT2D eigenvalue weighted by atomic mass is 32.1. The van der Waals surface area contributed by atoms with Crippen LogP contribution in [-0.4, -0.2) is 51.9 Å². The van der Waals surface area contributed by atoms with Gasteiger partial charge in [-0.2, -0.15) is 0 Å². The zero-order chi connectivity index (χ0) is 16.5. The summed E-state index contributed by atoms with van der Waals surface area (Å²) < 4.78 is 0. The van der Waals surface area contributed by atoms with Gasteiger partial charge in [-0.15, -0.1) is 11.3 Å². The number of piperidine rings is 1. The van der Waals surface area contributed by atoms with Gasteiger partial charge < -0.3 is 4.90 Å². The van der Waals surface area contributed by atoms with E-state index in [0.717, 1.165) is 45.1 Å². The van der Waals surface area contributed by atoms with Gasteiger partial charge in [-0.25, -0.2) is 4.98 Å². The second-order valence-corrected chi connectivity index (χ2v) is 8.23. The van der Waals surface area contributed by atoms with E-state index in [-0.39, 0.29) is 5.91 Å². The normalized spacial score (nSPS) is 24.1. The highest BCUT2D eigenvalue weighted by Gasteiger charge is 2.38. The number of nitrogens with zero attached hydrogens (tertiary/aromatic N) is 4. The molecule has 2 fully saturated rings. The lowest BCUT2D eigenvalue weighted by Crippen LogP contribution is -2.43. The van der Waals surface area contributed by atoms with Crippen molar-refractivity contribution in [3.05, 3.63) is 46.2 Å². The van der Waals surface area contributed by atoms with Crippen molar-refractivity contribution in [2.24, 2.45) is 11.8 Å². The average molecular weight is 342 g/mol. The molecular formula is C18H22N4OS. The molecule has 2 aliphatic rings. The van der Waals surface area contributed by atoms with E-state index in [2.05, 4.69) is 33.9 Å². The zero-order valence-electron chi connectivity index (χ0n) is 13.9. The molecular weight excluding hydrogens is 320 g/mol. The predicted molar refractivity (Wildman–Crippen MR) is 93.9 cm³/mol. The minimum Gasteiger partial charge on any atom is -0.337 e. The average Bonchev–Trinajstić information content (AvgIpc) is 3.19. The van der Waals surface area contributed by atoms with E-state index in [4.69, 9.17) is 0 Å². The van der Waals surface area contributed by atoms with Gasteiger partial charge in [0, 0.05) is 54.9 Å². The molecule has 2 atom stereocenters. The third-order valence-electron chi connectivity index (χ3n) is 5.12. The van der Waals surface area contributed by atoms with E-state index in [9.17, 15) is 4.79 Å². The lowest BCUT2D eigenvalue weighted by Gasteiger charge is -2.34. The summed E-state index contributed by atoms with van der Waals surface area (Å²) in [5.41, 5.74) is 0.458. The molecule has 2 saturated heterocycles. The Balaban J connectivity index is 1.38. The van der Waals surface area contributed by atoms with Crippen molar-refractivity contribution in [1.29, 1.82) is 0 Å². The highest BCUT2D eigenvalue weighted by molar-refractivity contribution is 7.11. The van der Waals surface area contributed by atoms with Crippen LogP contribution in [0.25, 0.3) is 0 Å². The molecule has 0 unspecified atom stereocenters. The first kappa shape index (κ1) is 15.7. The molecule has 6 heteroatoms. The van der Waals surface area contributed by atoms with Gasteiger partial charge in [0.15, 0.2) is 0 Å². The maximum absolute atomic E-state index is 12.6. The van der Waals surface area contributed by atoms with Gasteiger partial charge in [-0.1, -0.05) is 0 Å². The number of rotatable bonds is 3. The fourth-order valence-electron chi connectivity index (χ4n) is 3.94. The molecule has 2 aromatic heterocycles. The molecule has 126 valence electrons. The number of hydrogen-bond acceptors (Lipinski definition) is 5. The molecule has 4 heterocycles. The summed E-state index contributed by atoms with van der Waals surface area (Å²) in [7, 11) is 0. The lowest BCUT2D eigenvalue weighted by atomic mass is 9.88. The van der Waals surface area contributed by atoms with Crippen molar-refractivity contribution < 1.29 is 4.79 Å². The fraction of sp³-hybridized carbons (Fsp3) is 0.500. The molecule has 0 aliphatic carbocycles. The number of amides is 1. The molecule has 5 nitrogen and oxygen atoms in total. The number of hydrogen-bond donors (Lipinski definition) is 0. The molecule has 0 N–H and O–H groups in total. The van der Waals surface area contributed by atoms with E-state index in [1.165, 1.54) is 9.75 Å². The van der Waals surface area contributed by atoms with Crippen molar-refractivity contribution in [3.63, 3.8) is 0 Å². The van der Waals surface area contributed by atoms with Crippen molar-refractivity contribution in [1.82, 2.24) is 19.8 Å². The second-order valence-electron chi connectivity index (χ2n) is 6.86. The van der Waals surface area contributed by atoms with Gasteiger partial charge in [0.05, 0.1) is 6.20 Å². The van der Waals surface area contributed by atoms with Crippen LogP contribution in [-0.2, 0) is 6.54 Å². The van der Waals surface area contributed by atoms with E-state index in [1.54, 1.807) is 18.6 Å². The number of aromatic nitrogens is 2. The van der Waals surface area contributed by atoms with E-state index in [1.807, 2.05) is 16.2 Å². The number of fused-ring (bicyclic) bond motifs is 1. The minimum absolute atomic E-state index is 0.0221. The molecule has 4 rings (SSSR count). The Morgan fingerprint density at radius 3 is 2.88 bits per heavy atom. The first-order valence-corrected chi connectivity index (χ1v) is 9.33. The van der Waals surface area contributed by atoms with Crippen LogP contribution in [0.15, 0.2) is 30.7 Å². The van der Waals surface area contributed by atoms with Crippen molar-refractivity contribution in [3.8, 4) is 0 Å². The number of carbonyl (C=O) groups excluding carboxylic acids is 1. The van der Waals surface area contributed by atoms with Crippen LogP contribution in [0.4, 0.5) is 0 Å². The summed E-state index contributed by atoms with van der Waals surface area (Å²) in [6.45, 7) is 7.14. The number of aryl methyl sites for hydroxylation is 1. The van der Waals surface area contributed by atoms with Gasteiger partial charge in [0.2, 0.25) is 0 Å². The van der Waals surface area contributed by atoms with Crippen LogP contribution in [0.3, 0.4) is 0 Å². The molecule has 24 heavy (non-hydrogen) atoms. The Hall–Kier alpha value is -1.79. The van der Waals surface area contributed by atoms with Crippen LogP contribution in [0.5, 0.6) is 0 Å². The van der Waals surface area contributed by atoms with Crippen molar-refractivity contribution in [2.45, 2.75) is 19.9 Å². The van der Waals surface area contributed by atoms with Crippen molar-refractivity contribution >= 4 is 17.2 Å². The third-order valence-corrected chi connectivity index (χ3v) is 6.11. The summed E-state index contributed by atoms with van der Waals surface area (Å²) in [6, 6.07) is 4.44. The van der Waals surface area contributed by atoms with Crippen molar-refractivity contribution in [2.75, 3.05) is 26.2 Å². The summed E-state index contributed by atoms with van der Waals surface area (Å²) in [4.78, 5) is 28.1. The molecule has 0 aromatic carbocycles. The van der Waals surface area contributed by atoms with Gasteiger partial charge >= 0.3 is 0 Å². The number of carbonyl (C=O) groups is 1. The molecule has 2 aliphatic heterocycles. The fourth-order valence-corrected chi connectivity index (χ4v) is 4.87. The Kier molecular flexibility index (Phi) is 4.33. The summed E-state index contributed by atoms with van der Waals surface area (Å²) in [6.07, 6.45) is 5.84. The minimum atomic E-state index is 0.0221. The van der Waals surface area contributed by atoms with Crippen LogP contribution in [0.2, 0.25) is 0 Å². The number of thiophene rings is 1. The molecule has 0 spiro atoms. The quantitative estimate of drug-likeness (QED) is 0.860. The standard InChI is InChI=1S/C18H22N4OS/c1-13-2-3-16(24-13)12-21-9-14-4-7-22(11-15(14)10-21)18(23)17-8-19-5-6-20-17/h2-3,5-6,8,14-15H,4,7,9-12H2,1H3/t14-,15-/m1/s1. The summed E-state index contributed by atoms with van der Waals surface area (Å²) in [5, 5.41) is 0. The molecule has 2 aromatic rings. The monoisotopic (exact) mass is 342 g/mol. The topological polar surface area (TPSA) is 49.3 Å². The zero-order valence-corrected chi connectivity index (χ0v) is 14.7. The van der Waals surface area contributed by atoms with Crippen LogP contribution >= 0.6 is 11.3 Å². The predicted octanol–water partition coefficient (Wildman–Crippen LogP) is 2.44. The maximum atomic E-state index is 12.6. The molecule has 1 amide bonds.